The highest BCUT2D eigenvalue weighted by atomic mass is 15.1. The van der Waals surface area contributed by atoms with Gasteiger partial charge in [-0.2, -0.15) is 0 Å². The van der Waals surface area contributed by atoms with Crippen molar-refractivity contribution in [2.75, 3.05) is 19.0 Å². The summed E-state index contributed by atoms with van der Waals surface area (Å²) in [6, 6.07) is 10.8. The van der Waals surface area contributed by atoms with Gasteiger partial charge in [-0.25, -0.2) is 0 Å². The van der Waals surface area contributed by atoms with E-state index in [0.29, 0.717) is 0 Å². The van der Waals surface area contributed by atoms with Crippen LogP contribution in [0.3, 0.4) is 0 Å². The first-order chi connectivity index (χ1) is 9.19. The van der Waals surface area contributed by atoms with Crippen LogP contribution in [0.4, 0.5) is 5.69 Å². The van der Waals surface area contributed by atoms with Crippen LogP contribution in [0.5, 0.6) is 0 Å². The number of benzene rings is 1. The molecule has 102 valence electrons. The fraction of sp³-hybridized carbons (Fsp3) is 0.375. The quantitative estimate of drug-likeness (QED) is 0.858. The van der Waals surface area contributed by atoms with Crippen molar-refractivity contribution in [1.29, 1.82) is 0 Å². The molecule has 3 nitrogen and oxygen atoms in total. The Kier molecular flexibility index (Phi) is 4.63. The zero-order valence-corrected chi connectivity index (χ0v) is 12.1. The lowest BCUT2D eigenvalue weighted by Gasteiger charge is -2.12. The van der Waals surface area contributed by atoms with E-state index in [0.717, 1.165) is 19.6 Å². The topological polar surface area (TPSA) is 20.2 Å². The number of hydrogen-bond acceptors (Lipinski definition) is 2. The first kappa shape index (κ1) is 13.7. The second-order valence-electron chi connectivity index (χ2n) is 5.01. The molecule has 0 aliphatic heterocycles. The maximum Gasteiger partial charge on any atom is 0.0361 e. The van der Waals surface area contributed by atoms with E-state index in [4.69, 9.17) is 0 Å². The van der Waals surface area contributed by atoms with Crippen LogP contribution in [0.2, 0.25) is 0 Å². The van der Waals surface area contributed by atoms with Crippen LogP contribution in [0, 0.1) is 0 Å². The zero-order valence-electron chi connectivity index (χ0n) is 12.1. The third-order valence-electron chi connectivity index (χ3n) is 3.29. The Hall–Kier alpha value is -1.74. The normalized spacial score (nSPS) is 10.7. The van der Waals surface area contributed by atoms with Crippen LogP contribution in [0.15, 0.2) is 42.7 Å². The van der Waals surface area contributed by atoms with E-state index >= 15 is 0 Å². The van der Waals surface area contributed by atoms with Crippen LogP contribution in [-0.2, 0) is 19.6 Å². The summed E-state index contributed by atoms with van der Waals surface area (Å²) in [4.78, 5) is 2.12. The standard InChI is InChI=1S/C16H23N3/c1-4-19-10-9-15(13-19)12-17-11-14-5-7-16(8-6-14)18(2)3/h5-10,13,17H,4,11-12H2,1-3H3. The summed E-state index contributed by atoms with van der Waals surface area (Å²) in [5.74, 6) is 0. The molecule has 1 heterocycles. The van der Waals surface area contributed by atoms with Gasteiger partial charge in [-0.15, -0.1) is 0 Å². The second kappa shape index (κ2) is 6.43. The lowest BCUT2D eigenvalue weighted by Crippen LogP contribution is -2.13. The summed E-state index contributed by atoms with van der Waals surface area (Å²) in [7, 11) is 4.12. The van der Waals surface area contributed by atoms with Crippen molar-refractivity contribution in [3.05, 3.63) is 53.9 Å². The summed E-state index contributed by atoms with van der Waals surface area (Å²) in [5, 5.41) is 3.48. The number of nitrogens with zero attached hydrogens (tertiary/aromatic N) is 2. The van der Waals surface area contributed by atoms with E-state index in [9.17, 15) is 0 Å². The van der Waals surface area contributed by atoms with Gasteiger partial charge in [-0.05, 0) is 36.2 Å². The third-order valence-corrected chi connectivity index (χ3v) is 3.29. The molecule has 2 aromatic rings. The van der Waals surface area contributed by atoms with E-state index in [1.807, 2.05) is 0 Å². The molecule has 0 saturated heterocycles. The molecule has 0 fully saturated rings. The Bertz CT molecular complexity index is 497. The molecule has 0 spiro atoms. The molecule has 2 rings (SSSR count). The van der Waals surface area contributed by atoms with Gasteiger partial charge in [0, 0.05) is 51.8 Å². The van der Waals surface area contributed by atoms with Gasteiger partial charge >= 0.3 is 0 Å². The molecule has 0 amide bonds. The first-order valence-electron chi connectivity index (χ1n) is 6.80. The van der Waals surface area contributed by atoms with Crippen molar-refractivity contribution in [2.45, 2.75) is 26.6 Å². The molecule has 19 heavy (non-hydrogen) atoms. The lowest BCUT2D eigenvalue weighted by molar-refractivity contribution is 0.688. The number of anilines is 1. The minimum absolute atomic E-state index is 0.908. The molecule has 0 aliphatic rings. The van der Waals surface area contributed by atoms with Crippen LogP contribution in [0.25, 0.3) is 0 Å². The molecule has 0 atom stereocenters. The minimum atomic E-state index is 0.908. The highest BCUT2D eigenvalue weighted by molar-refractivity contribution is 5.45. The highest BCUT2D eigenvalue weighted by Crippen LogP contribution is 2.12. The van der Waals surface area contributed by atoms with Crippen molar-refractivity contribution < 1.29 is 0 Å². The van der Waals surface area contributed by atoms with Crippen molar-refractivity contribution in [3.63, 3.8) is 0 Å². The monoisotopic (exact) mass is 257 g/mol. The Morgan fingerprint density at radius 1 is 1.00 bits per heavy atom. The van der Waals surface area contributed by atoms with E-state index in [1.165, 1.54) is 16.8 Å². The average Bonchev–Trinajstić information content (AvgIpc) is 2.87. The van der Waals surface area contributed by atoms with Crippen LogP contribution in [-0.4, -0.2) is 18.7 Å². The zero-order chi connectivity index (χ0) is 13.7. The summed E-state index contributed by atoms with van der Waals surface area (Å²) >= 11 is 0. The summed E-state index contributed by atoms with van der Waals surface area (Å²) in [6.07, 6.45) is 4.32. The molecule has 0 bridgehead atoms. The second-order valence-corrected chi connectivity index (χ2v) is 5.01. The minimum Gasteiger partial charge on any atom is -0.378 e. The molecule has 1 N–H and O–H groups in total. The SMILES string of the molecule is CCn1ccc(CNCc2ccc(N(C)C)cc2)c1. The lowest BCUT2D eigenvalue weighted by atomic mass is 10.2. The van der Waals surface area contributed by atoms with Gasteiger partial charge in [0.25, 0.3) is 0 Å². The summed E-state index contributed by atoms with van der Waals surface area (Å²) < 4.78 is 2.20. The number of hydrogen-bond donors (Lipinski definition) is 1. The fourth-order valence-corrected chi connectivity index (χ4v) is 2.05. The van der Waals surface area contributed by atoms with Gasteiger partial charge in [-0.1, -0.05) is 12.1 Å². The summed E-state index contributed by atoms with van der Waals surface area (Å²) in [5.41, 5.74) is 3.90. The van der Waals surface area contributed by atoms with E-state index in [-0.39, 0.29) is 0 Å². The number of aromatic nitrogens is 1. The number of nitrogens with one attached hydrogen (secondary N) is 1. The van der Waals surface area contributed by atoms with Crippen LogP contribution in [0.1, 0.15) is 18.1 Å². The van der Waals surface area contributed by atoms with E-state index in [2.05, 4.69) is 78.5 Å². The van der Waals surface area contributed by atoms with Gasteiger partial charge in [0.05, 0.1) is 0 Å². The Labute approximate surface area is 115 Å². The van der Waals surface area contributed by atoms with Gasteiger partial charge < -0.3 is 14.8 Å². The van der Waals surface area contributed by atoms with Gasteiger partial charge in [-0.3, -0.25) is 0 Å². The van der Waals surface area contributed by atoms with Crippen molar-refractivity contribution >= 4 is 5.69 Å². The molecular formula is C16H23N3. The van der Waals surface area contributed by atoms with Crippen molar-refractivity contribution in [1.82, 2.24) is 9.88 Å². The maximum atomic E-state index is 3.48. The Morgan fingerprint density at radius 3 is 2.26 bits per heavy atom. The maximum absolute atomic E-state index is 3.48. The number of aryl methyl sites for hydroxylation is 1. The predicted octanol–water partition coefficient (Wildman–Crippen LogP) is 2.86. The molecule has 0 radical (unpaired) electrons. The van der Waals surface area contributed by atoms with Crippen molar-refractivity contribution in [3.8, 4) is 0 Å². The Morgan fingerprint density at radius 2 is 1.68 bits per heavy atom. The van der Waals surface area contributed by atoms with Crippen LogP contribution < -0.4 is 10.2 Å². The molecule has 3 heteroatoms. The average molecular weight is 257 g/mol. The molecule has 1 aromatic heterocycles. The molecular weight excluding hydrogens is 234 g/mol. The molecule has 0 saturated carbocycles. The largest absolute Gasteiger partial charge is 0.378 e. The fourth-order valence-electron chi connectivity index (χ4n) is 2.05. The highest BCUT2D eigenvalue weighted by Gasteiger charge is 1.98. The molecule has 1 aromatic carbocycles. The molecule has 0 unspecified atom stereocenters. The predicted molar refractivity (Wildman–Crippen MR) is 81.4 cm³/mol. The smallest absolute Gasteiger partial charge is 0.0361 e. The number of rotatable bonds is 6. The van der Waals surface area contributed by atoms with Crippen molar-refractivity contribution in [2.24, 2.45) is 0 Å². The first-order valence-corrected chi connectivity index (χ1v) is 6.80. The summed E-state index contributed by atoms with van der Waals surface area (Å²) in [6.45, 7) is 5.02. The Balaban J connectivity index is 1.82. The van der Waals surface area contributed by atoms with Gasteiger partial charge in [0.1, 0.15) is 0 Å². The van der Waals surface area contributed by atoms with Crippen LogP contribution >= 0.6 is 0 Å². The third kappa shape index (κ3) is 3.86. The molecule has 0 aliphatic carbocycles. The van der Waals surface area contributed by atoms with Gasteiger partial charge in [0.15, 0.2) is 0 Å². The van der Waals surface area contributed by atoms with E-state index in [1.54, 1.807) is 0 Å². The van der Waals surface area contributed by atoms with E-state index < -0.39 is 0 Å². The van der Waals surface area contributed by atoms with Gasteiger partial charge in [0.2, 0.25) is 0 Å².